The normalized spacial score (nSPS) is 29.1. The molecule has 2 aliphatic heterocycles. The number of nitrogens with two attached hydrogens (primary N) is 1. The van der Waals surface area contributed by atoms with Crippen LogP contribution in [0.4, 0.5) is 0 Å². The molecule has 19 atom stereocenters. The fourth-order valence-electron chi connectivity index (χ4n) is 11.1. The lowest BCUT2D eigenvalue weighted by molar-refractivity contribution is -0.147. The van der Waals surface area contributed by atoms with Crippen LogP contribution < -0.4 is 58.9 Å². The number of rotatable bonds is 20. The van der Waals surface area contributed by atoms with E-state index in [0.29, 0.717) is 12.8 Å². The SMILES string of the molecule is CCCCC[C@@H]1CC(=O)N[C@@H](C(C)C)C(=O)N[C@H]([C@@H](O)C(C)C)C(=O)N[C@@H](C)C(=O)N[C@H]([C@H](O)C(C)C)C(=O)N[C@H](CCC(N)=O)C(=O)N(C)[C@@H]([C@H](C)CC)C(=O)N[C@H]([C@@H](O)CO)C(=O)N[C@@H]([C@H](C)O)C(=O)N2C[C@H](O)C[C@H]2C(=O)N[C@H](CC(C)C)C(=O)N[C@@H]([C@@H](C)O)C(=O)N1. The summed E-state index contributed by atoms with van der Waals surface area (Å²) in [6, 6.07) is -20.1. The summed E-state index contributed by atoms with van der Waals surface area (Å²) in [6.45, 7) is 19.3. The van der Waals surface area contributed by atoms with Crippen molar-refractivity contribution in [2.24, 2.45) is 35.3 Å². The smallest absolute Gasteiger partial charge is 0.248 e. The van der Waals surface area contributed by atoms with Crippen LogP contribution in [0.1, 0.15) is 161 Å². The molecule has 19 N–H and O–H groups in total. The summed E-state index contributed by atoms with van der Waals surface area (Å²) in [5.41, 5.74) is 5.49. The largest absolute Gasteiger partial charge is 0.394 e. The van der Waals surface area contributed by atoms with E-state index >= 15 is 0 Å². The Hall–Kier alpha value is -7.17. The second-order valence-corrected chi connectivity index (χ2v) is 27.0. The fourth-order valence-corrected chi connectivity index (χ4v) is 11.1. The van der Waals surface area contributed by atoms with Crippen LogP contribution in [0.5, 0.6) is 0 Å². The number of aliphatic hydroxyl groups excluding tert-OH is 7. The van der Waals surface area contributed by atoms with Crippen LogP contribution in [-0.2, 0) is 62.3 Å². The third-order valence-electron chi connectivity index (χ3n) is 17.1. The van der Waals surface area contributed by atoms with Crippen LogP contribution in [0.25, 0.3) is 0 Å². The van der Waals surface area contributed by atoms with E-state index in [9.17, 15) is 98.1 Å². The van der Waals surface area contributed by atoms with Crippen LogP contribution in [0.2, 0.25) is 0 Å². The molecule has 0 radical (unpaired) electrons. The van der Waals surface area contributed by atoms with Gasteiger partial charge in [0.15, 0.2) is 0 Å². The number of hydrogen-bond donors (Lipinski definition) is 18. The summed E-state index contributed by atoms with van der Waals surface area (Å²) in [5.74, 6) is -17.2. The number of fused-ring (bicyclic) bond motifs is 1. The quantitative estimate of drug-likeness (QED) is 0.0507. The summed E-state index contributed by atoms with van der Waals surface area (Å²) in [6.07, 6.45) is -10.2. The third-order valence-corrected chi connectivity index (χ3v) is 17.1. The fraction of sp³-hybridized carbons (Fsp3) is 0.794. The molecule has 0 saturated carbocycles. The zero-order valence-corrected chi connectivity index (χ0v) is 58.2. The highest BCUT2D eigenvalue weighted by Gasteiger charge is 2.47. The van der Waals surface area contributed by atoms with Gasteiger partial charge in [0.1, 0.15) is 72.6 Å². The summed E-state index contributed by atoms with van der Waals surface area (Å²) < 4.78 is 0. The zero-order valence-electron chi connectivity index (χ0n) is 58.2. The Morgan fingerprint density at radius 3 is 1.54 bits per heavy atom. The van der Waals surface area contributed by atoms with Crippen molar-refractivity contribution in [3.05, 3.63) is 0 Å². The second kappa shape index (κ2) is 39.9. The van der Waals surface area contributed by atoms with Gasteiger partial charge in [-0.1, -0.05) is 102 Å². The van der Waals surface area contributed by atoms with Gasteiger partial charge in [0, 0.05) is 38.9 Å². The van der Waals surface area contributed by atoms with Crippen molar-refractivity contribution in [3.63, 3.8) is 0 Å². The molecule has 0 aromatic rings. The predicted octanol–water partition coefficient (Wildman–Crippen LogP) is -5.21. The standard InChI is InChI=1S/C63H111N13O20/c1-16-18-19-20-36-24-43(83)69-44(29(5)6)56(89)74-48(51(84)30(7)8)59(92)65-33(12)53(86)73-49(52(85)31(9)10)60(93)67-38(21-22-42(64)82)62(95)75(15)50(32(11)17-2)61(94)72-47(41(81)27-77)58(91)71-46(35(14)79)63(96)76-26-37(80)25-40(76)55(88)68-39(23-28(3)4)54(87)70-45(34(13)78)57(90)66-36/h28-41,44-52,77-81,84-85H,16-27H2,1-15H3,(H2,64,82)(H,65,92)(H,66,90)(H,67,93)(H,68,88)(H,69,83)(H,70,87)(H,71,91)(H,72,94)(H,73,86)(H,74,89)/t32-,33+,34-,35+,36-,37-,38-,39-,40+,41+,44+,45+,46+,47-,48-,49-,50+,51+,52-/m1/s1. The average molecular weight is 1370 g/mol. The molecular formula is C63H111N13O20. The lowest BCUT2D eigenvalue weighted by Crippen LogP contribution is -2.65. The Kier molecular flexibility index (Phi) is 35.3. The van der Waals surface area contributed by atoms with Gasteiger partial charge in [-0.05, 0) is 69.6 Å². The summed E-state index contributed by atoms with van der Waals surface area (Å²) in [4.78, 5) is 186. The van der Waals surface area contributed by atoms with Crippen molar-refractivity contribution in [1.29, 1.82) is 0 Å². The molecule has 2 saturated heterocycles. The van der Waals surface area contributed by atoms with Crippen molar-refractivity contribution < 1.29 is 98.1 Å². The van der Waals surface area contributed by atoms with E-state index in [0.717, 1.165) is 30.2 Å². The first kappa shape index (κ1) is 84.9. The third kappa shape index (κ3) is 25.4. The first-order valence-electron chi connectivity index (χ1n) is 33.2. The van der Waals surface area contributed by atoms with Gasteiger partial charge in [-0.3, -0.25) is 62.3 Å². The topological polar surface area (TPSA) is 516 Å². The summed E-state index contributed by atoms with van der Waals surface area (Å²) >= 11 is 0. The van der Waals surface area contributed by atoms with E-state index in [1.165, 1.54) is 48.5 Å². The van der Waals surface area contributed by atoms with Gasteiger partial charge >= 0.3 is 0 Å². The van der Waals surface area contributed by atoms with Gasteiger partial charge < -0.3 is 104 Å². The Bertz CT molecular complexity index is 2660. The minimum Gasteiger partial charge on any atom is -0.394 e. The molecule has 548 valence electrons. The van der Waals surface area contributed by atoms with E-state index in [1.807, 2.05) is 6.92 Å². The highest BCUT2D eigenvalue weighted by Crippen LogP contribution is 2.23. The lowest BCUT2D eigenvalue weighted by atomic mass is 9.94. The number of carbonyl (C=O) groups is 13. The Balaban J connectivity index is 2.97. The number of primary amides is 1. The molecule has 13 amide bonds. The second-order valence-electron chi connectivity index (χ2n) is 27.0. The summed E-state index contributed by atoms with van der Waals surface area (Å²) in [7, 11) is 1.13. The lowest BCUT2D eigenvalue weighted by Gasteiger charge is -2.36. The van der Waals surface area contributed by atoms with Gasteiger partial charge in [-0.25, -0.2) is 0 Å². The molecule has 33 heteroatoms. The number of amides is 13. The van der Waals surface area contributed by atoms with Crippen molar-refractivity contribution in [1.82, 2.24) is 63.0 Å². The Morgan fingerprint density at radius 1 is 0.552 bits per heavy atom. The first-order valence-corrected chi connectivity index (χ1v) is 33.2. The molecule has 0 aliphatic carbocycles. The van der Waals surface area contributed by atoms with E-state index in [-0.39, 0.29) is 25.2 Å². The Morgan fingerprint density at radius 2 is 1.04 bits per heavy atom. The molecule has 0 spiro atoms. The molecule has 2 fully saturated rings. The van der Waals surface area contributed by atoms with Crippen LogP contribution in [0.3, 0.4) is 0 Å². The van der Waals surface area contributed by atoms with Crippen LogP contribution in [0, 0.1) is 29.6 Å². The highest BCUT2D eigenvalue weighted by atomic mass is 16.3. The van der Waals surface area contributed by atoms with E-state index in [4.69, 9.17) is 5.73 Å². The number of unbranched alkanes of at least 4 members (excludes halogenated alkanes) is 2. The molecule has 0 unspecified atom stereocenters. The maximum atomic E-state index is 14.7. The van der Waals surface area contributed by atoms with Gasteiger partial charge in [0.2, 0.25) is 76.8 Å². The van der Waals surface area contributed by atoms with Crippen LogP contribution in [0.15, 0.2) is 0 Å². The van der Waals surface area contributed by atoms with Gasteiger partial charge in [0.05, 0.1) is 37.1 Å². The maximum Gasteiger partial charge on any atom is 0.248 e. The molecule has 0 bridgehead atoms. The van der Waals surface area contributed by atoms with Gasteiger partial charge in [-0.2, -0.15) is 0 Å². The molecule has 2 heterocycles. The van der Waals surface area contributed by atoms with Gasteiger partial charge in [0.25, 0.3) is 0 Å². The zero-order chi connectivity index (χ0) is 73.5. The van der Waals surface area contributed by atoms with Crippen molar-refractivity contribution in [2.75, 3.05) is 20.2 Å². The number of hydrogen-bond acceptors (Lipinski definition) is 20. The number of nitrogens with one attached hydrogen (secondary N) is 10. The van der Waals surface area contributed by atoms with Crippen molar-refractivity contribution >= 4 is 76.8 Å². The molecule has 2 rings (SSSR count). The van der Waals surface area contributed by atoms with E-state index < -0.39 is 248 Å². The number of aliphatic hydroxyl groups is 7. The van der Waals surface area contributed by atoms with Crippen LogP contribution >= 0.6 is 0 Å². The minimum atomic E-state index is -2.17. The monoisotopic (exact) mass is 1370 g/mol. The number of carbonyl (C=O) groups excluding carboxylic acids is 13. The first-order chi connectivity index (χ1) is 44.6. The van der Waals surface area contributed by atoms with Gasteiger partial charge in [-0.15, -0.1) is 0 Å². The maximum absolute atomic E-state index is 14.7. The van der Waals surface area contributed by atoms with E-state index in [2.05, 4.69) is 53.2 Å². The molecule has 2 aliphatic rings. The van der Waals surface area contributed by atoms with Crippen molar-refractivity contribution in [3.8, 4) is 0 Å². The summed E-state index contributed by atoms with van der Waals surface area (Å²) in [5, 5.41) is 102. The average Bonchev–Trinajstić information content (AvgIpc) is 1.47. The van der Waals surface area contributed by atoms with E-state index in [1.54, 1.807) is 34.6 Å². The molecule has 0 aromatic heterocycles. The molecular weight excluding hydrogens is 1260 g/mol. The molecule has 33 nitrogen and oxygen atoms in total. The number of nitrogens with zero attached hydrogens (tertiary/aromatic N) is 2. The molecule has 0 aromatic carbocycles. The van der Waals surface area contributed by atoms with Crippen LogP contribution in [-0.4, -0.2) is 252 Å². The highest BCUT2D eigenvalue weighted by molar-refractivity contribution is 6.00. The molecule has 96 heavy (non-hydrogen) atoms. The Labute approximate surface area is 561 Å². The predicted molar refractivity (Wildman–Crippen MR) is 347 cm³/mol. The number of likely N-dealkylation sites (N-methyl/N-ethyl adjacent to an activating group) is 1. The minimum absolute atomic E-state index is 0.0950. The van der Waals surface area contributed by atoms with Crippen molar-refractivity contribution in [2.45, 2.75) is 270 Å².